The topological polar surface area (TPSA) is 17.1 Å². The summed E-state index contributed by atoms with van der Waals surface area (Å²) in [4.78, 5) is 13.9. The van der Waals surface area contributed by atoms with Crippen LogP contribution in [0.2, 0.25) is 0 Å². The van der Waals surface area contributed by atoms with Gasteiger partial charge in [0.2, 0.25) is 0 Å². The molecule has 4 unspecified atom stereocenters. The van der Waals surface area contributed by atoms with Gasteiger partial charge in [-0.2, -0.15) is 0 Å². The maximum absolute atomic E-state index is 12.0. The van der Waals surface area contributed by atoms with E-state index in [1.807, 2.05) is 6.08 Å². The molecule has 0 amide bonds. The lowest BCUT2D eigenvalue weighted by molar-refractivity contribution is -0.123. The van der Waals surface area contributed by atoms with E-state index in [4.69, 9.17) is 0 Å². The summed E-state index contributed by atoms with van der Waals surface area (Å²) < 4.78 is 0. The van der Waals surface area contributed by atoms with E-state index in [1.54, 1.807) is 0 Å². The molecule has 0 N–H and O–H groups in total. The molecule has 0 aliphatic heterocycles. The van der Waals surface area contributed by atoms with Crippen molar-refractivity contribution >= 4 is 69.5 Å². The maximum Gasteiger partial charge on any atom is 0.155 e. The summed E-state index contributed by atoms with van der Waals surface area (Å²) in [7, 11) is 0. The van der Waals surface area contributed by atoms with Crippen molar-refractivity contribution in [1.29, 1.82) is 0 Å². The number of hydrogen-bond acceptors (Lipinski definition) is 1. The Morgan fingerprint density at radius 3 is 1.89 bits per heavy atom. The first-order valence-corrected chi connectivity index (χ1v) is 10.3. The Bertz CT molecular complexity index is 413. The molecule has 3 aliphatic rings. The van der Waals surface area contributed by atoms with Crippen LogP contribution in [-0.4, -0.2) is 25.1 Å². The highest BCUT2D eigenvalue weighted by atomic mass is 79.9. The number of carbonyl (C=O) groups excluding carboxylic acids is 1. The minimum atomic E-state index is 0.135. The largest absolute Gasteiger partial charge is 0.295 e. The third kappa shape index (κ3) is 2.39. The Kier molecular flexibility index (Phi) is 4.17. The van der Waals surface area contributed by atoms with Crippen molar-refractivity contribution in [3.63, 3.8) is 0 Å². The van der Waals surface area contributed by atoms with Crippen LogP contribution in [0, 0.1) is 10.8 Å². The van der Waals surface area contributed by atoms with E-state index in [0.29, 0.717) is 31.5 Å². The summed E-state index contributed by atoms with van der Waals surface area (Å²) in [5.41, 5.74) is 0.313. The van der Waals surface area contributed by atoms with Crippen LogP contribution in [0.4, 0.5) is 0 Å². The van der Waals surface area contributed by atoms with Crippen LogP contribution in [0.1, 0.15) is 32.1 Å². The average molecular weight is 520 g/mol. The lowest BCUT2D eigenvalue weighted by Gasteiger charge is -2.61. The lowest BCUT2D eigenvalue weighted by atomic mass is 9.47. The highest BCUT2D eigenvalue weighted by Crippen LogP contribution is 2.66. The fraction of sp³-hybridized carbons (Fsp3) is 0.786. The number of rotatable bonds is 0. The van der Waals surface area contributed by atoms with Gasteiger partial charge in [-0.25, -0.2) is 0 Å². The third-order valence-electron chi connectivity index (χ3n) is 5.23. The molecule has 0 aromatic carbocycles. The SMILES string of the molecule is O=C1C=CC23CC(Br)C(Br)CC2(C1)CC(Br)C(Br)C3. The van der Waals surface area contributed by atoms with E-state index in [-0.39, 0.29) is 10.8 Å². The second-order valence-electron chi connectivity index (χ2n) is 6.29. The fourth-order valence-electron chi connectivity index (χ4n) is 4.24. The molecule has 0 heterocycles. The highest BCUT2D eigenvalue weighted by molar-refractivity contribution is 9.12. The van der Waals surface area contributed by atoms with E-state index < -0.39 is 0 Å². The van der Waals surface area contributed by atoms with Crippen LogP contribution in [0.15, 0.2) is 12.2 Å². The first kappa shape index (κ1) is 15.2. The van der Waals surface area contributed by atoms with E-state index in [9.17, 15) is 4.79 Å². The summed E-state index contributed by atoms with van der Waals surface area (Å²) >= 11 is 15.3. The molecule has 0 spiro atoms. The molecule has 4 atom stereocenters. The Morgan fingerprint density at radius 1 is 0.895 bits per heavy atom. The van der Waals surface area contributed by atoms with Gasteiger partial charge in [-0.3, -0.25) is 4.79 Å². The molecule has 2 saturated carbocycles. The molecule has 0 saturated heterocycles. The first-order chi connectivity index (χ1) is 8.87. The van der Waals surface area contributed by atoms with Gasteiger partial charge in [0.15, 0.2) is 5.78 Å². The molecule has 3 rings (SSSR count). The molecular weight excluding hydrogens is 504 g/mol. The van der Waals surface area contributed by atoms with Gasteiger partial charge in [0, 0.05) is 25.7 Å². The molecule has 3 aliphatic carbocycles. The maximum atomic E-state index is 12.0. The molecule has 0 aromatic rings. The Morgan fingerprint density at radius 2 is 1.37 bits per heavy atom. The zero-order valence-corrected chi connectivity index (χ0v) is 16.8. The molecule has 1 nitrogen and oxygen atoms in total. The summed E-state index contributed by atoms with van der Waals surface area (Å²) in [5, 5.41) is 0. The zero-order chi connectivity index (χ0) is 13.8. The lowest BCUT2D eigenvalue weighted by Crippen LogP contribution is -2.58. The van der Waals surface area contributed by atoms with Crippen LogP contribution in [0.5, 0.6) is 0 Å². The predicted octanol–water partition coefficient (Wildman–Crippen LogP) is 5.13. The molecule has 106 valence electrons. The van der Waals surface area contributed by atoms with Gasteiger partial charge < -0.3 is 0 Å². The van der Waals surface area contributed by atoms with Crippen molar-refractivity contribution in [2.24, 2.45) is 10.8 Å². The van der Waals surface area contributed by atoms with E-state index in [0.717, 1.165) is 25.7 Å². The van der Waals surface area contributed by atoms with Gasteiger partial charge in [-0.15, -0.1) is 0 Å². The molecular formula is C14H16Br4O. The van der Waals surface area contributed by atoms with Gasteiger partial charge >= 0.3 is 0 Å². The van der Waals surface area contributed by atoms with Crippen LogP contribution < -0.4 is 0 Å². The van der Waals surface area contributed by atoms with E-state index >= 15 is 0 Å². The van der Waals surface area contributed by atoms with E-state index in [1.165, 1.54) is 0 Å². The number of halogens is 4. The minimum absolute atomic E-state index is 0.135. The first-order valence-electron chi connectivity index (χ1n) is 6.66. The van der Waals surface area contributed by atoms with E-state index in [2.05, 4.69) is 69.8 Å². The Labute approximate surface area is 147 Å². The number of allylic oxidation sites excluding steroid dienone is 2. The monoisotopic (exact) mass is 516 g/mol. The summed E-state index contributed by atoms with van der Waals surface area (Å²) in [6, 6.07) is 0. The Balaban J connectivity index is 2.06. The molecule has 0 radical (unpaired) electrons. The molecule has 0 bridgehead atoms. The standard InChI is InChI=1S/C14H16Br4O/c15-9-4-13-2-1-8(19)3-14(13,6-11(9)17)7-12(18)10(16)5-13/h1-2,9-12H,3-7H2. The van der Waals surface area contributed by atoms with Crippen molar-refractivity contribution in [3.05, 3.63) is 12.2 Å². The Hall–Kier alpha value is 1.33. The van der Waals surface area contributed by atoms with Crippen molar-refractivity contribution in [2.75, 3.05) is 0 Å². The summed E-state index contributed by atoms with van der Waals surface area (Å²) in [6.45, 7) is 0. The second-order valence-corrected chi connectivity index (χ2v) is 11.0. The predicted molar refractivity (Wildman–Crippen MR) is 93.0 cm³/mol. The number of hydrogen-bond donors (Lipinski definition) is 0. The van der Waals surface area contributed by atoms with Crippen LogP contribution in [0.25, 0.3) is 0 Å². The molecule has 2 fully saturated rings. The summed E-state index contributed by atoms with van der Waals surface area (Å²) in [5.74, 6) is 0.302. The average Bonchev–Trinajstić information content (AvgIpc) is 2.31. The second kappa shape index (κ2) is 5.20. The van der Waals surface area contributed by atoms with Gasteiger partial charge in [-0.05, 0) is 42.6 Å². The smallest absolute Gasteiger partial charge is 0.155 e. The van der Waals surface area contributed by atoms with Crippen LogP contribution in [0.3, 0.4) is 0 Å². The number of alkyl halides is 4. The fourth-order valence-corrected chi connectivity index (χ4v) is 7.38. The summed E-state index contributed by atoms with van der Waals surface area (Å²) in [6.07, 6.45) is 9.19. The normalized spacial score (nSPS) is 53.6. The molecule has 19 heavy (non-hydrogen) atoms. The van der Waals surface area contributed by atoms with Gasteiger partial charge in [0.25, 0.3) is 0 Å². The number of carbonyl (C=O) groups is 1. The molecule has 0 aromatic heterocycles. The van der Waals surface area contributed by atoms with Crippen LogP contribution in [-0.2, 0) is 4.79 Å². The van der Waals surface area contributed by atoms with Gasteiger partial charge in [0.05, 0.1) is 0 Å². The van der Waals surface area contributed by atoms with Crippen molar-refractivity contribution in [1.82, 2.24) is 0 Å². The third-order valence-corrected chi connectivity index (χ3v) is 10.5. The van der Waals surface area contributed by atoms with Crippen LogP contribution >= 0.6 is 63.7 Å². The number of ketones is 1. The van der Waals surface area contributed by atoms with Crippen molar-refractivity contribution < 1.29 is 4.79 Å². The molecule has 5 heteroatoms. The highest BCUT2D eigenvalue weighted by Gasteiger charge is 2.60. The van der Waals surface area contributed by atoms with Crippen molar-refractivity contribution in [2.45, 2.75) is 51.4 Å². The zero-order valence-electron chi connectivity index (χ0n) is 10.4. The van der Waals surface area contributed by atoms with Crippen molar-refractivity contribution in [3.8, 4) is 0 Å². The minimum Gasteiger partial charge on any atom is -0.295 e. The van der Waals surface area contributed by atoms with Gasteiger partial charge in [-0.1, -0.05) is 69.8 Å². The quantitative estimate of drug-likeness (QED) is 0.406. The van der Waals surface area contributed by atoms with Gasteiger partial charge in [0.1, 0.15) is 0 Å².